The van der Waals surface area contributed by atoms with Crippen LogP contribution in [0.2, 0.25) is 0 Å². The fraction of sp³-hybridized carbons (Fsp3) is 0.500. The van der Waals surface area contributed by atoms with Gasteiger partial charge in [0.15, 0.2) is 0 Å². The van der Waals surface area contributed by atoms with Gasteiger partial charge in [0.1, 0.15) is 11.5 Å². The van der Waals surface area contributed by atoms with E-state index in [0.717, 1.165) is 25.0 Å². The normalized spacial score (nSPS) is 14.0. The number of alkyl halides is 4. The molecule has 1 saturated carbocycles. The van der Waals surface area contributed by atoms with Gasteiger partial charge in [0, 0.05) is 28.2 Å². The topological polar surface area (TPSA) is 26.0 Å². The zero-order valence-corrected chi connectivity index (χ0v) is 14.0. The van der Waals surface area contributed by atoms with Gasteiger partial charge in [-0.25, -0.2) is 17.6 Å². The minimum atomic E-state index is -2.85. The molecule has 0 radical (unpaired) electrons. The highest BCUT2D eigenvalue weighted by molar-refractivity contribution is 5.72. The first-order valence-electron chi connectivity index (χ1n) is 8.22. The molecule has 1 fully saturated rings. The highest BCUT2D eigenvalue weighted by atomic mass is 19.3. The SMILES string of the molecule is CC.CCc1c(-c2c(C(F)F)cccc2C(F)F)noc1C1CC1. The lowest BCUT2D eigenvalue weighted by atomic mass is 9.94. The van der Waals surface area contributed by atoms with Crippen LogP contribution in [0, 0.1) is 0 Å². The molecule has 0 aliphatic heterocycles. The summed E-state index contributed by atoms with van der Waals surface area (Å²) in [4.78, 5) is 0. The van der Waals surface area contributed by atoms with E-state index in [2.05, 4.69) is 5.16 Å². The van der Waals surface area contributed by atoms with E-state index in [4.69, 9.17) is 4.52 Å². The van der Waals surface area contributed by atoms with Gasteiger partial charge in [-0.1, -0.05) is 44.1 Å². The van der Waals surface area contributed by atoms with Crippen LogP contribution in [-0.4, -0.2) is 5.16 Å². The molecule has 132 valence electrons. The van der Waals surface area contributed by atoms with E-state index in [-0.39, 0.29) is 17.2 Å². The van der Waals surface area contributed by atoms with E-state index in [0.29, 0.717) is 17.7 Å². The molecule has 1 heterocycles. The van der Waals surface area contributed by atoms with Gasteiger partial charge in [-0.05, 0) is 19.3 Å². The number of hydrogen-bond acceptors (Lipinski definition) is 2. The van der Waals surface area contributed by atoms with Crippen LogP contribution in [-0.2, 0) is 6.42 Å². The minimum absolute atomic E-state index is 0.135. The van der Waals surface area contributed by atoms with E-state index >= 15 is 0 Å². The van der Waals surface area contributed by atoms with Crippen molar-refractivity contribution in [2.75, 3.05) is 0 Å². The molecule has 6 heteroatoms. The number of halogens is 4. The molecule has 3 rings (SSSR count). The summed E-state index contributed by atoms with van der Waals surface area (Å²) in [5, 5.41) is 3.86. The lowest BCUT2D eigenvalue weighted by molar-refractivity contribution is 0.145. The fourth-order valence-electron chi connectivity index (χ4n) is 2.75. The summed E-state index contributed by atoms with van der Waals surface area (Å²) in [6, 6.07) is 3.55. The Morgan fingerprint density at radius 2 is 1.62 bits per heavy atom. The molecule has 0 bridgehead atoms. The third kappa shape index (κ3) is 3.47. The highest BCUT2D eigenvalue weighted by Gasteiger charge is 2.34. The van der Waals surface area contributed by atoms with Crippen molar-refractivity contribution in [1.82, 2.24) is 5.16 Å². The Hall–Kier alpha value is -1.85. The minimum Gasteiger partial charge on any atom is -0.360 e. The first-order chi connectivity index (χ1) is 11.5. The van der Waals surface area contributed by atoms with Gasteiger partial charge < -0.3 is 4.52 Å². The van der Waals surface area contributed by atoms with E-state index in [9.17, 15) is 17.6 Å². The summed E-state index contributed by atoms with van der Waals surface area (Å²) < 4.78 is 58.4. The second-order valence-corrected chi connectivity index (χ2v) is 5.41. The molecule has 0 saturated heterocycles. The first-order valence-corrected chi connectivity index (χ1v) is 8.22. The molecule has 1 aromatic carbocycles. The molecule has 0 amide bonds. The lowest BCUT2D eigenvalue weighted by Gasteiger charge is -2.13. The maximum atomic E-state index is 13.3. The van der Waals surface area contributed by atoms with Crippen LogP contribution in [0.15, 0.2) is 22.7 Å². The van der Waals surface area contributed by atoms with Crippen LogP contribution in [0.5, 0.6) is 0 Å². The predicted molar refractivity (Wildman–Crippen MR) is 84.6 cm³/mol. The van der Waals surface area contributed by atoms with Crippen LogP contribution >= 0.6 is 0 Å². The number of rotatable bonds is 5. The van der Waals surface area contributed by atoms with Gasteiger partial charge in [0.25, 0.3) is 12.9 Å². The van der Waals surface area contributed by atoms with E-state index in [1.54, 1.807) is 0 Å². The standard InChI is InChI=1S/C16H15F4NO.C2H6/c1-2-9-13(21-22-14(9)8-6-7-8)12-10(15(17)18)4-3-5-11(12)16(19)20;1-2/h3-5,8,15-16H,2,6-7H2,1H3;1-2H3. The number of nitrogens with zero attached hydrogens (tertiary/aromatic N) is 1. The molecule has 1 aromatic heterocycles. The first kappa shape index (κ1) is 18.5. The van der Waals surface area contributed by atoms with Crippen molar-refractivity contribution in [3.8, 4) is 11.3 Å². The van der Waals surface area contributed by atoms with Crippen LogP contribution < -0.4 is 0 Å². The Morgan fingerprint density at radius 1 is 1.08 bits per heavy atom. The molecule has 1 aliphatic rings. The molecule has 0 unspecified atom stereocenters. The summed E-state index contributed by atoms with van der Waals surface area (Å²) in [5.74, 6) is 0.895. The van der Waals surface area contributed by atoms with Crippen molar-refractivity contribution in [3.05, 3.63) is 40.6 Å². The van der Waals surface area contributed by atoms with E-state index in [1.807, 2.05) is 20.8 Å². The molecular formula is C18H21F4NO. The summed E-state index contributed by atoms with van der Waals surface area (Å²) in [6.07, 6.45) is -3.27. The van der Waals surface area contributed by atoms with Gasteiger partial charge in [0.2, 0.25) is 0 Å². The van der Waals surface area contributed by atoms with Crippen LogP contribution in [0.1, 0.15) is 74.8 Å². The Kier molecular flexibility index (Phi) is 6.02. The van der Waals surface area contributed by atoms with Gasteiger partial charge in [0.05, 0.1) is 0 Å². The number of aromatic nitrogens is 1. The number of hydrogen-bond donors (Lipinski definition) is 0. The van der Waals surface area contributed by atoms with Gasteiger partial charge >= 0.3 is 0 Å². The monoisotopic (exact) mass is 343 g/mol. The average Bonchev–Trinajstić information content (AvgIpc) is 3.34. The van der Waals surface area contributed by atoms with E-state index < -0.39 is 24.0 Å². The zero-order valence-electron chi connectivity index (χ0n) is 14.0. The predicted octanol–water partition coefficient (Wildman–Crippen LogP) is 6.68. The largest absolute Gasteiger partial charge is 0.360 e. The Morgan fingerprint density at radius 3 is 2.04 bits per heavy atom. The maximum absolute atomic E-state index is 13.3. The smallest absolute Gasteiger partial charge is 0.264 e. The van der Waals surface area contributed by atoms with Crippen molar-refractivity contribution in [2.45, 2.75) is 58.8 Å². The molecular weight excluding hydrogens is 322 g/mol. The van der Waals surface area contributed by atoms with Gasteiger partial charge in [-0.2, -0.15) is 0 Å². The summed E-state index contributed by atoms with van der Waals surface area (Å²) in [5.41, 5.74) is -0.237. The van der Waals surface area contributed by atoms with Crippen molar-refractivity contribution in [1.29, 1.82) is 0 Å². The quantitative estimate of drug-likeness (QED) is 0.566. The Balaban J connectivity index is 0.00000100. The third-order valence-electron chi connectivity index (χ3n) is 3.96. The van der Waals surface area contributed by atoms with Gasteiger partial charge in [-0.3, -0.25) is 0 Å². The average molecular weight is 343 g/mol. The molecule has 1 aliphatic carbocycles. The van der Waals surface area contributed by atoms with Crippen molar-refractivity contribution >= 4 is 0 Å². The second kappa shape index (κ2) is 7.81. The van der Waals surface area contributed by atoms with Crippen LogP contribution in [0.3, 0.4) is 0 Å². The van der Waals surface area contributed by atoms with Crippen molar-refractivity contribution < 1.29 is 22.1 Å². The molecule has 2 aromatic rings. The van der Waals surface area contributed by atoms with Gasteiger partial charge in [-0.15, -0.1) is 0 Å². The fourth-order valence-corrected chi connectivity index (χ4v) is 2.75. The van der Waals surface area contributed by atoms with Crippen molar-refractivity contribution in [2.24, 2.45) is 0 Å². The molecule has 2 nitrogen and oxygen atoms in total. The zero-order chi connectivity index (χ0) is 17.9. The second-order valence-electron chi connectivity index (χ2n) is 5.41. The van der Waals surface area contributed by atoms with Crippen LogP contribution in [0.4, 0.5) is 17.6 Å². The lowest BCUT2D eigenvalue weighted by Crippen LogP contribution is -2.00. The highest BCUT2D eigenvalue weighted by Crippen LogP contribution is 2.46. The summed E-state index contributed by atoms with van der Waals surface area (Å²) in [6.45, 7) is 5.84. The summed E-state index contributed by atoms with van der Waals surface area (Å²) >= 11 is 0. The summed E-state index contributed by atoms with van der Waals surface area (Å²) in [7, 11) is 0. The van der Waals surface area contributed by atoms with Crippen LogP contribution in [0.25, 0.3) is 11.3 Å². The molecule has 0 spiro atoms. The maximum Gasteiger partial charge on any atom is 0.264 e. The molecule has 0 atom stereocenters. The van der Waals surface area contributed by atoms with E-state index in [1.165, 1.54) is 6.07 Å². The number of benzene rings is 1. The Bertz CT molecular complexity index is 651. The molecule has 24 heavy (non-hydrogen) atoms. The third-order valence-corrected chi connectivity index (χ3v) is 3.96. The van der Waals surface area contributed by atoms with Crippen molar-refractivity contribution in [3.63, 3.8) is 0 Å². The molecule has 0 N–H and O–H groups in total. The Labute approximate surface area is 138 Å².